The molecule has 0 nitrogen and oxygen atoms in total. The van der Waals surface area contributed by atoms with Crippen LogP contribution in [0.3, 0.4) is 0 Å². The molecule has 0 rings (SSSR count). The lowest BCUT2D eigenvalue weighted by Crippen LogP contribution is -1.87. The minimum Gasteiger partial charge on any atom is -0.122 e. The molecule has 0 saturated heterocycles. The van der Waals surface area contributed by atoms with E-state index in [2.05, 4.69) is 38.7 Å². The lowest BCUT2D eigenvalue weighted by molar-refractivity contribution is 0.598. The molecule has 0 radical (unpaired) electrons. The third-order valence-corrected chi connectivity index (χ3v) is 2.03. The smallest absolute Gasteiger partial charge is 0.00979 e. The van der Waals surface area contributed by atoms with Crippen molar-refractivity contribution in [2.24, 2.45) is 5.92 Å². The first-order chi connectivity index (χ1) is 6.20. The van der Waals surface area contributed by atoms with Gasteiger partial charge in [-0.2, -0.15) is 0 Å². The second-order valence-corrected chi connectivity index (χ2v) is 3.61. The molecular weight excluding hydrogens is 156 g/mol. The molecule has 0 aromatic rings. The van der Waals surface area contributed by atoms with E-state index in [4.69, 9.17) is 0 Å². The van der Waals surface area contributed by atoms with Gasteiger partial charge in [-0.1, -0.05) is 38.8 Å². The van der Waals surface area contributed by atoms with Gasteiger partial charge < -0.3 is 0 Å². The van der Waals surface area contributed by atoms with Crippen LogP contribution in [0.1, 0.15) is 47.0 Å². The lowest BCUT2D eigenvalue weighted by atomic mass is 10.0. The van der Waals surface area contributed by atoms with Crippen LogP contribution < -0.4 is 0 Å². The van der Waals surface area contributed by atoms with Gasteiger partial charge >= 0.3 is 0 Å². The molecule has 0 aromatic carbocycles. The molecule has 0 aliphatic carbocycles. The maximum absolute atomic E-state index is 3.30. The maximum atomic E-state index is 3.30. The third kappa shape index (κ3) is 7.62. The summed E-state index contributed by atoms with van der Waals surface area (Å²) in [6, 6.07) is 0. The van der Waals surface area contributed by atoms with Gasteiger partial charge in [-0.05, 0) is 37.8 Å². The van der Waals surface area contributed by atoms with Gasteiger partial charge in [-0.15, -0.1) is 5.73 Å². The van der Waals surface area contributed by atoms with E-state index in [0.717, 1.165) is 0 Å². The predicted molar refractivity (Wildman–Crippen MR) is 60.8 cm³/mol. The zero-order chi connectivity index (χ0) is 10.1. The van der Waals surface area contributed by atoms with Gasteiger partial charge in [0, 0.05) is 0 Å². The highest BCUT2D eigenvalue weighted by Crippen LogP contribution is 2.08. The Labute approximate surface area is 83.0 Å². The van der Waals surface area contributed by atoms with E-state index < -0.39 is 0 Å². The molecule has 74 valence electrons. The van der Waals surface area contributed by atoms with Crippen LogP contribution in [0.5, 0.6) is 0 Å². The summed E-state index contributed by atoms with van der Waals surface area (Å²) < 4.78 is 0. The minimum absolute atomic E-state index is 0.667. The molecule has 1 atom stereocenters. The third-order valence-electron chi connectivity index (χ3n) is 2.03. The first-order valence-corrected chi connectivity index (χ1v) is 5.26. The summed E-state index contributed by atoms with van der Waals surface area (Å²) in [5.41, 5.74) is 4.51. The van der Waals surface area contributed by atoms with E-state index in [1.54, 1.807) is 0 Å². The van der Waals surface area contributed by atoms with Crippen molar-refractivity contribution in [1.82, 2.24) is 0 Å². The first-order valence-electron chi connectivity index (χ1n) is 5.26. The van der Waals surface area contributed by atoms with Crippen LogP contribution in [0.15, 0.2) is 29.5 Å². The molecule has 1 unspecified atom stereocenters. The lowest BCUT2D eigenvalue weighted by Gasteiger charge is -2.01. The zero-order valence-corrected chi connectivity index (χ0v) is 9.43. The molecule has 0 fully saturated rings. The van der Waals surface area contributed by atoms with Crippen LogP contribution in [0.4, 0.5) is 0 Å². The summed E-state index contributed by atoms with van der Waals surface area (Å²) in [5, 5.41) is 0. The number of rotatable bonds is 5. The SMILES string of the molecule is CC=CC(C)=C=CC(C)CCCC. The highest BCUT2D eigenvalue weighted by molar-refractivity contribution is 5.14. The molecule has 13 heavy (non-hydrogen) atoms. The summed E-state index contributed by atoms with van der Waals surface area (Å²) in [4.78, 5) is 0. The second kappa shape index (κ2) is 7.89. The van der Waals surface area contributed by atoms with Crippen LogP contribution >= 0.6 is 0 Å². The molecule has 0 spiro atoms. The second-order valence-electron chi connectivity index (χ2n) is 3.61. The largest absolute Gasteiger partial charge is 0.122 e. The highest BCUT2D eigenvalue weighted by Gasteiger charge is 1.93. The predicted octanol–water partition coefficient (Wildman–Crippen LogP) is 4.49. The van der Waals surface area contributed by atoms with Gasteiger partial charge in [0.05, 0.1) is 0 Å². The molecule has 0 heterocycles. The molecular formula is C13H22. The molecule has 0 aliphatic rings. The van der Waals surface area contributed by atoms with E-state index in [9.17, 15) is 0 Å². The van der Waals surface area contributed by atoms with Crippen molar-refractivity contribution in [3.05, 3.63) is 29.5 Å². The number of hydrogen-bond donors (Lipinski definition) is 0. The molecule has 0 aromatic heterocycles. The van der Waals surface area contributed by atoms with E-state index in [-0.39, 0.29) is 0 Å². The van der Waals surface area contributed by atoms with Gasteiger partial charge in [0.25, 0.3) is 0 Å². The summed E-state index contributed by atoms with van der Waals surface area (Å²) >= 11 is 0. The average Bonchev–Trinajstić information content (AvgIpc) is 2.12. The van der Waals surface area contributed by atoms with E-state index in [1.807, 2.05) is 13.0 Å². The van der Waals surface area contributed by atoms with Gasteiger partial charge in [0.15, 0.2) is 0 Å². The fraction of sp³-hybridized carbons (Fsp3) is 0.615. The van der Waals surface area contributed by atoms with Crippen molar-refractivity contribution in [1.29, 1.82) is 0 Å². The van der Waals surface area contributed by atoms with Crippen LogP contribution in [0.25, 0.3) is 0 Å². The van der Waals surface area contributed by atoms with Gasteiger partial charge in [0.1, 0.15) is 0 Å². The summed E-state index contributed by atoms with van der Waals surface area (Å²) in [6.45, 7) is 8.61. The first kappa shape index (κ1) is 12.3. The summed E-state index contributed by atoms with van der Waals surface area (Å²) in [7, 11) is 0. The van der Waals surface area contributed by atoms with E-state index in [1.165, 1.54) is 24.8 Å². The molecule has 0 aliphatic heterocycles. The van der Waals surface area contributed by atoms with Crippen molar-refractivity contribution in [3.63, 3.8) is 0 Å². The molecule has 0 amide bonds. The van der Waals surface area contributed by atoms with Gasteiger partial charge in [-0.25, -0.2) is 0 Å². The Balaban J connectivity index is 4.00. The van der Waals surface area contributed by atoms with E-state index in [0.29, 0.717) is 5.92 Å². The Morgan fingerprint density at radius 2 is 2.15 bits per heavy atom. The standard InChI is InChI=1S/C13H22/c1-5-7-9-13(4)11-10-12(3)8-6-2/h6,8,11,13H,5,7,9H2,1-4H3. The van der Waals surface area contributed by atoms with Crippen LogP contribution in [-0.4, -0.2) is 0 Å². The van der Waals surface area contributed by atoms with Crippen molar-refractivity contribution in [2.45, 2.75) is 47.0 Å². The minimum atomic E-state index is 0.667. The number of allylic oxidation sites excluding steroid dienone is 3. The van der Waals surface area contributed by atoms with Crippen molar-refractivity contribution >= 4 is 0 Å². The quantitative estimate of drug-likeness (QED) is 0.430. The maximum Gasteiger partial charge on any atom is -0.00979 e. The highest BCUT2D eigenvalue weighted by atomic mass is 14.0. The Hall–Kier alpha value is -0.740. The Kier molecular flexibility index (Phi) is 7.44. The average molecular weight is 178 g/mol. The molecule has 0 N–H and O–H groups in total. The van der Waals surface area contributed by atoms with E-state index >= 15 is 0 Å². The Bertz CT molecular complexity index is 202. The summed E-state index contributed by atoms with van der Waals surface area (Å²) in [5.74, 6) is 0.667. The van der Waals surface area contributed by atoms with Crippen molar-refractivity contribution in [3.8, 4) is 0 Å². The van der Waals surface area contributed by atoms with Crippen LogP contribution in [0.2, 0.25) is 0 Å². The van der Waals surface area contributed by atoms with Crippen LogP contribution in [-0.2, 0) is 0 Å². The fourth-order valence-corrected chi connectivity index (χ4v) is 1.18. The topological polar surface area (TPSA) is 0 Å². The molecule has 0 heteroatoms. The molecule has 0 bridgehead atoms. The fourth-order valence-electron chi connectivity index (χ4n) is 1.18. The van der Waals surface area contributed by atoms with Gasteiger partial charge in [0.2, 0.25) is 0 Å². The summed E-state index contributed by atoms with van der Waals surface area (Å²) in [6.07, 6.45) is 10.2. The molecule has 0 saturated carbocycles. The Morgan fingerprint density at radius 3 is 2.69 bits per heavy atom. The monoisotopic (exact) mass is 178 g/mol. The number of hydrogen-bond acceptors (Lipinski definition) is 0. The number of unbranched alkanes of at least 4 members (excludes halogenated alkanes) is 1. The zero-order valence-electron chi connectivity index (χ0n) is 9.43. The Morgan fingerprint density at radius 1 is 1.46 bits per heavy atom. The van der Waals surface area contributed by atoms with Crippen molar-refractivity contribution < 1.29 is 0 Å². The van der Waals surface area contributed by atoms with Gasteiger partial charge in [-0.3, -0.25) is 0 Å². The van der Waals surface area contributed by atoms with Crippen LogP contribution in [0, 0.1) is 5.92 Å². The van der Waals surface area contributed by atoms with Crippen molar-refractivity contribution in [2.75, 3.05) is 0 Å². The normalized spacial score (nSPS) is 12.6.